The Hall–Kier alpha value is -0.0800. The highest BCUT2D eigenvalue weighted by Gasteiger charge is 2.25. The first kappa shape index (κ1) is 13.0. The van der Waals surface area contributed by atoms with E-state index in [0.29, 0.717) is 0 Å². The van der Waals surface area contributed by atoms with Crippen molar-refractivity contribution in [1.29, 1.82) is 0 Å². The van der Waals surface area contributed by atoms with Crippen molar-refractivity contribution in [2.75, 3.05) is 19.6 Å². The van der Waals surface area contributed by atoms with Gasteiger partial charge in [0.05, 0.1) is 0 Å². The van der Waals surface area contributed by atoms with Crippen LogP contribution >= 0.6 is 0 Å². The minimum atomic E-state index is 0.733. The molecule has 2 nitrogen and oxygen atoms in total. The molecule has 1 saturated heterocycles. The summed E-state index contributed by atoms with van der Waals surface area (Å²) in [4.78, 5) is 2.70. The van der Waals surface area contributed by atoms with E-state index in [9.17, 15) is 0 Å². The normalized spacial score (nSPS) is 25.8. The fourth-order valence-corrected chi connectivity index (χ4v) is 2.91. The van der Waals surface area contributed by atoms with Gasteiger partial charge in [0.2, 0.25) is 0 Å². The number of piperidine rings is 1. The highest BCUT2D eigenvalue weighted by Crippen LogP contribution is 2.19. The highest BCUT2D eigenvalue weighted by atomic mass is 15.2. The standard InChI is InChI=1S/C13H28N2/c1-5-13(11(3)4)15-9-7-8-12(10-15)14-6-2/h11-14H,5-10H2,1-4H3. The van der Waals surface area contributed by atoms with Crippen molar-refractivity contribution >= 4 is 0 Å². The van der Waals surface area contributed by atoms with Crippen molar-refractivity contribution < 1.29 is 0 Å². The van der Waals surface area contributed by atoms with Crippen LogP contribution < -0.4 is 5.32 Å². The van der Waals surface area contributed by atoms with Gasteiger partial charge in [-0.05, 0) is 38.3 Å². The molecule has 0 aromatic rings. The number of hydrogen-bond donors (Lipinski definition) is 1. The van der Waals surface area contributed by atoms with E-state index in [0.717, 1.165) is 24.5 Å². The largest absolute Gasteiger partial charge is 0.313 e. The maximum atomic E-state index is 3.59. The Bertz CT molecular complexity index is 166. The van der Waals surface area contributed by atoms with Crippen molar-refractivity contribution in [1.82, 2.24) is 10.2 Å². The topological polar surface area (TPSA) is 15.3 Å². The third-order valence-electron chi connectivity index (χ3n) is 3.60. The van der Waals surface area contributed by atoms with E-state index in [1.54, 1.807) is 0 Å². The van der Waals surface area contributed by atoms with Crippen molar-refractivity contribution in [3.63, 3.8) is 0 Å². The lowest BCUT2D eigenvalue weighted by Crippen LogP contribution is -2.50. The van der Waals surface area contributed by atoms with Crippen LogP contribution in [0.3, 0.4) is 0 Å². The van der Waals surface area contributed by atoms with Crippen LogP contribution in [0.5, 0.6) is 0 Å². The van der Waals surface area contributed by atoms with Crippen LogP contribution in [0.15, 0.2) is 0 Å². The molecule has 0 saturated carbocycles. The Morgan fingerprint density at radius 3 is 2.60 bits per heavy atom. The highest BCUT2D eigenvalue weighted by molar-refractivity contribution is 4.83. The van der Waals surface area contributed by atoms with Gasteiger partial charge in [-0.2, -0.15) is 0 Å². The van der Waals surface area contributed by atoms with E-state index in [1.807, 2.05) is 0 Å². The summed E-state index contributed by atoms with van der Waals surface area (Å²) in [6.45, 7) is 12.9. The molecule has 0 radical (unpaired) electrons. The van der Waals surface area contributed by atoms with E-state index in [-0.39, 0.29) is 0 Å². The number of likely N-dealkylation sites (tertiary alicyclic amines) is 1. The van der Waals surface area contributed by atoms with Gasteiger partial charge < -0.3 is 5.32 Å². The van der Waals surface area contributed by atoms with E-state index in [1.165, 1.54) is 32.4 Å². The molecule has 90 valence electrons. The SMILES string of the molecule is CCNC1CCCN(C(CC)C(C)C)C1. The number of nitrogens with zero attached hydrogens (tertiary/aromatic N) is 1. The zero-order valence-corrected chi connectivity index (χ0v) is 10.9. The molecule has 1 heterocycles. The van der Waals surface area contributed by atoms with Gasteiger partial charge >= 0.3 is 0 Å². The van der Waals surface area contributed by atoms with Gasteiger partial charge in [0.1, 0.15) is 0 Å². The van der Waals surface area contributed by atoms with Gasteiger partial charge in [-0.15, -0.1) is 0 Å². The van der Waals surface area contributed by atoms with Crippen molar-refractivity contribution in [2.24, 2.45) is 5.92 Å². The molecule has 0 amide bonds. The summed E-state index contributed by atoms with van der Waals surface area (Å²) in [7, 11) is 0. The summed E-state index contributed by atoms with van der Waals surface area (Å²) < 4.78 is 0. The zero-order chi connectivity index (χ0) is 11.3. The second kappa shape index (κ2) is 6.49. The molecule has 0 bridgehead atoms. The summed E-state index contributed by atoms with van der Waals surface area (Å²) in [5, 5.41) is 3.59. The molecule has 1 aliphatic rings. The minimum Gasteiger partial charge on any atom is -0.313 e. The van der Waals surface area contributed by atoms with Gasteiger partial charge in [-0.25, -0.2) is 0 Å². The van der Waals surface area contributed by atoms with Crippen LogP contribution in [0, 0.1) is 5.92 Å². The molecular formula is C13H28N2. The Kier molecular flexibility index (Phi) is 5.62. The lowest BCUT2D eigenvalue weighted by molar-refractivity contribution is 0.105. The van der Waals surface area contributed by atoms with E-state index in [2.05, 4.69) is 37.9 Å². The monoisotopic (exact) mass is 212 g/mol. The molecule has 1 N–H and O–H groups in total. The van der Waals surface area contributed by atoms with Gasteiger partial charge in [-0.3, -0.25) is 4.90 Å². The third kappa shape index (κ3) is 3.76. The van der Waals surface area contributed by atoms with Crippen LogP contribution in [0.1, 0.15) is 47.0 Å². The minimum absolute atomic E-state index is 0.733. The smallest absolute Gasteiger partial charge is 0.0195 e. The summed E-state index contributed by atoms with van der Waals surface area (Å²) >= 11 is 0. The molecule has 2 atom stereocenters. The number of nitrogens with one attached hydrogen (secondary N) is 1. The average molecular weight is 212 g/mol. The van der Waals surface area contributed by atoms with Crippen molar-refractivity contribution in [3.8, 4) is 0 Å². The second-order valence-corrected chi connectivity index (χ2v) is 5.11. The number of rotatable bonds is 5. The summed E-state index contributed by atoms with van der Waals surface area (Å²) in [6.07, 6.45) is 4.01. The molecule has 1 fully saturated rings. The predicted molar refractivity (Wildman–Crippen MR) is 67.2 cm³/mol. The van der Waals surface area contributed by atoms with Gasteiger partial charge in [-0.1, -0.05) is 27.7 Å². The average Bonchev–Trinajstić information content (AvgIpc) is 2.19. The molecule has 15 heavy (non-hydrogen) atoms. The Morgan fingerprint density at radius 1 is 1.33 bits per heavy atom. The zero-order valence-electron chi connectivity index (χ0n) is 10.9. The van der Waals surface area contributed by atoms with Gasteiger partial charge in [0.15, 0.2) is 0 Å². The molecular weight excluding hydrogens is 184 g/mol. The quantitative estimate of drug-likeness (QED) is 0.753. The molecule has 2 unspecified atom stereocenters. The number of likely N-dealkylation sites (N-methyl/N-ethyl adjacent to an activating group) is 1. The molecule has 0 aliphatic carbocycles. The second-order valence-electron chi connectivity index (χ2n) is 5.11. The van der Waals surface area contributed by atoms with Crippen LogP contribution in [0.4, 0.5) is 0 Å². The van der Waals surface area contributed by atoms with E-state index < -0.39 is 0 Å². The summed E-state index contributed by atoms with van der Waals surface area (Å²) in [6, 6.07) is 1.52. The van der Waals surface area contributed by atoms with E-state index >= 15 is 0 Å². The lowest BCUT2D eigenvalue weighted by atomic mass is 9.95. The van der Waals surface area contributed by atoms with Crippen molar-refractivity contribution in [2.45, 2.75) is 59.0 Å². The number of hydrogen-bond acceptors (Lipinski definition) is 2. The molecule has 0 aromatic heterocycles. The predicted octanol–water partition coefficient (Wildman–Crippen LogP) is 2.49. The van der Waals surface area contributed by atoms with Crippen molar-refractivity contribution in [3.05, 3.63) is 0 Å². The van der Waals surface area contributed by atoms with Gasteiger partial charge in [0.25, 0.3) is 0 Å². The Morgan fingerprint density at radius 2 is 2.07 bits per heavy atom. The maximum absolute atomic E-state index is 3.59. The van der Waals surface area contributed by atoms with E-state index in [4.69, 9.17) is 0 Å². The fraction of sp³-hybridized carbons (Fsp3) is 1.00. The molecule has 0 spiro atoms. The van der Waals surface area contributed by atoms with Crippen LogP contribution in [0.25, 0.3) is 0 Å². The van der Waals surface area contributed by atoms with Crippen LogP contribution in [-0.4, -0.2) is 36.6 Å². The molecule has 1 rings (SSSR count). The Labute approximate surface area is 95.4 Å². The Balaban J connectivity index is 2.46. The lowest BCUT2D eigenvalue weighted by Gasteiger charge is -2.40. The summed E-state index contributed by atoms with van der Waals surface area (Å²) in [5.41, 5.74) is 0. The fourth-order valence-electron chi connectivity index (χ4n) is 2.91. The molecule has 2 heteroatoms. The third-order valence-corrected chi connectivity index (χ3v) is 3.60. The molecule has 1 aliphatic heterocycles. The first-order chi connectivity index (χ1) is 7.19. The van der Waals surface area contributed by atoms with Gasteiger partial charge in [0, 0.05) is 18.6 Å². The van der Waals surface area contributed by atoms with Crippen LogP contribution in [0.2, 0.25) is 0 Å². The first-order valence-corrected chi connectivity index (χ1v) is 6.66. The summed E-state index contributed by atoms with van der Waals surface area (Å²) in [5.74, 6) is 0.787. The first-order valence-electron chi connectivity index (χ1n) is 6.66. The van der Waals surface area contributed by atoms with Crippen LogP contribution in [-0.2, 0) is 0 Å². The maximum Gasteiger partial charge on any atom is 0.0195 e. The molecule has 0 aromatic carbocycles.